The van der Waals surface area contributed by atoms with Gasteiger partial charge in [0.25, 0.3) is 0 Å². The van der Waals surface area contributed by atoms with Crippen LogP contribution in [0.2, 0.25) is 0 Å². The molecule has 0 radical (unpaired) electrons. The molecule has 0 fully saturated rings. The van der Waals surface area contributed by atoms with Crippen molar-refractivity contribution in [2.24, 2.45) is 11.3 Å². The molecule has 34 heavy (non-hydrogen) atoms. The highest BCUT2D eigenvalue weighted by molar-refractivity contribution is 5.87. The fraction of sp³-hybridized carbons (Fsp3) is 0.444. The largest absolute Gasteiger partial charge is 0.481 e. The summed E-state index contributed by atoms with van der Waals surface area (Å²) in [5.41, 5.74) is 3.87. The number of hydrogen-bond donors (Lipinski definition) is 3. The zero-order valence-corrected chi connectivity index (χ0v) is 20.4. The van der Waals surface area contributed by atoms with Gasteiger partial charge in [-0.3, -0.25) is 9.59 Å². The van der Waals surface area contributed by atoms with Crippen LogP contribution in [0.5, 0.6) is 0 Å². The summed E-state index contributed by atoms with van der Waals surface area (Å²) in [4.78, 5) is 37.0. The number of alkyl carbamates (subject to hydrolysis) is 1. The van der Waals surface area contributed by atoms with Crippen LogP contribution in [0.1, 0.15) is 58.1 Å². The minimum atomic E-state index is -0.990. The van der Waals surface area contributed by atoms with Crippen LogP contribution >= 0.6 is 0 Å². The standard InChI is InChI=1S/C27H34N2O5/c1-16(2)22(14-23(30)31)28-25(32)24(27(3,4)5)29-26(33)34-15-21-19-12-8-6-10-17(19)18-11-7-9-13-20(18)21/h6-13,16,21-22,24H,14-15H2,1-5H3,(H,28,32)(H,29,33)(H,30,31)/t22-,24-/m0/s1. The third kappa shape index (κ3) is 5.76. The molecule has 0 bridgehead atoms. The van der Waals surface area contributed by atoms with Crippen molar-refractivity contribution in [3.05, 3.63) is 59.7 Å². The van der Waals surface area contributed by atoms with Gasteiger partial charge in [0.15, 0.2) is 0 Å². The lowest BCUT2D eigenvalue weighted by molar-refractivity contribution is -0.138. The van der Waals surface area contributed by atoms with Gasteiger partial charge in [-0.05, 0) is 33.6 Å². The molecule has 0 unspecified atom stereocenters. The molecule has 0 aromatic heterocycles. The Morgan fingerprint density at radius 3 is 1.94 bits per heavy atom. The monoisotopic (exact) mass is 466 g/mol. The molecule has 2 aromatic carbocycles. The van der Waals surface area contributed by atoms with E-state index in [1.54, 1.807) is 0 Å². The Hall–Kier alpha value is -3.35. The number of amides is 2. The number of carbonyl (C=O) groups excluding carboxylic acids is 2. The number of carboxylic acids is 1. The average molecular weight is 467 g/mol. The first-order chi connectivity index (χ1) is 16.0. The second kappa shape index (κ2) is 10.3. The van der Waals surface area contributed by atoms with Crippen LogP contribution in [0.4, 0.5) is 4.79 Å². The van der Waals surface area contributed by atoms with Gasteiger partial charge in [-0.2, -0.15) is 0 Å². The first-order valence-corrected chi connectivity index (χ1v) is 11.6. The van der Waals surface area contributed by atoms with E-state index < -0.39 is 35.5 Å². The zero-order valence-electron chi connectivity index (χ0n) is 20.4. The molecular formula is C27H34N2O5. The molecule has 2 amide bonds. The maximum absolute atomic E-state index is 13.0. The first-order valence-electron chi connectivity index (χ1n) is 11.6. The minimum Gasteiger partial charge on any atom is -0.481 e. The molecule has 0 spiro atoms. The van der Waals surface area contributed by atoms with E-state index in [9.17, 15) is 14.4 Å². The summed E-state index contributed by atoms with van der Waals surface area (Å²) < 4.78 is 5.61. The Bertz CT molecular complexity index is 1010. The van der Waals surface area contributed by atoms with Gasteiger partial charge in [0, 0.05) is 12.0 Å². The van der Waals surface area contributed by atoms with Crippen molar-refractivity contribution in [3.8, 4) is 11.1 Å². The molecule has 7 heteroatoms. The van der Waals surface area contributed by atoms with Gasteiger partial charge in [-0.25, -0.2) is 4.79 Å². The molecule has 0 heterocycles. The molecule has 3 rings (SSSR count). The SMILES string of the molecule is CC(C)[C@H](CC(=O)O)NC(=O)[C@H](NC(=O)OCC1c2ccccc2-c2ccccc21)C(C)(C)C. The maximum Gasteiger partial charge on any atom is 0.407 e. The summed E-state index contributed by atoms with van der Waals surface area (Å²) in [5, 5.41) is 14.7. The number of aliphatic carboxylic acids is 1. The van der Waals surface area contributed by atoms with Gasteiger partial charge >= 0.3 is 12.1 Å². The second-order valence-electron chi connectivity index (χ2n) is 10.2. The number of hydrogen-bond acceptors (Lipinski definition) is 4. The van der Waals surface area contributed by atoms with Crippen molar-refractivity contribution < 1.29 is 24.2 Å². The van der Waals surface area contributed by atoms with Crippen LogP contribution in [0.3, 0.4) is 0 Å². The number of benzene rings is 2. The second-order valence-corrected chi connectivity index (χ2v) is 10.2. The Morgan fingerprint density at radius 2 is 1.47 bits per heavy atom. The Balaban J connectivity index is 1.69. The van der Waals surface area contributed by atoms with Crippen LogP contribution in [0.15, 0.2) is 48.5 Å². The highest BCUT2D eigenvalue weighted by Gasteiger charge is 2.36. The third-order valence-electron chi connectivity index (χ3n) is 6.26. The van der Waals surface area contributed by atoms with Crippen molar-refractivity contribution in [1.29, 1.82) is 0 Å². The average Bonchev–Trinajstić information content (AvgIpc) is 3.08. The molecule has 0 saturated heterocycles. The van der Waals surface area contributed by atoms with Gasteiger partial charge in [0.2, 0.25) is 5.91 Å². The van der Waals surface area contributed by atoms with Gasteiger partial charge in [-0.1, -0.05) is 83.1 Å². The number of carbonyl (C=O) groups is 3. The fourth-order valence-corrected chi connectivity index (χ4v) is 4.34. The van der Waals surface area contributed by atoms with Gasteiger partial charge < -0.3 is 20.5 Å². The molecular weight excluding hydrogens is 432 g/mol. The first kappa shape index (κ1) is 25.3. The van der Waals surface area contributed by atoms with Crippen LogP contribution in [-0.4, -0.2) is 41.8 Å². The van der Waals surface area contributed by atoms with E-state index in [-0.39, 0.29) is 24.9 Å². The zero-order chi connectivity index (χ0) is 25.0. The lowest BCUT2D eigenvalue weighted by Crippen LogP contribution is -2.56. The molecule has 0 aliphatic heterocycles. The molecule has 3 N–H and O–H groups in total. The van der Waals surface area contributed by atoms with E-state index in [1.807, 2.05) is 71.0 Å². The van der Waals surface area contributed by atoms with Crippen LogP contribution in [0.25, 0.3) is 11.1 Å². The summed E-state index contributed by atoms with van der Waals surface area (Å²) in [5.74, 6) is -1.58. The van der Waals surface area contributed by atoms with Crippen LogP contribution in [0, 0.1) is 11.3 Å². The Kier molecular flexibility index (Phi) is 7.64. The summed E-state index contributed by atoms with van der Waals surface area (Å²) in [6.07, 6.45) is -0.873. The van der Waals surface area contributed by atoms with E-state index in [0.29, 0.717) is 0 Å². The number of fused-ring (bicyclic) bond motifs is 3. The normalized spacial score (nSPS) is 14.6. The quantitative estimate of drug-likeness (QED) is 0.529. The van der Waals surface area contributed by atoms with E-state index in [4.69, 9.17) is 9.84 Å². The van der Waals surface area contributed by atoms with Crippen LogP contribution in [-0.2, 0) is 14.3 Å². The highest BCUT2D eigenvalue weighted by Crippen LogP contribution is 2.44. The Labute approximate surface area is 200 Å². The fourth-order valence-electron chi connectivity index (χ4n) is 4.34. The molecule has 2 atom stereocenters. The number of nitrogens with one attached hydrogen (secondary N) is 2. The third-order valence-corrected chi connectivity index (χ3v) is 6.26. The number of ether oxygens (including phenoxy) is 1. The molecule has 7 nitrogen and oxygen atoms in total. The van der Waals surface area contributed by atoms with Gasteiger partial charge in [-0.15, -0.1) is 0 Å². The number of rotatable bonds is 8. The van der Waals surface area contributed by atoms with Crippen molar-refractivity contribution in [2.75, 3.05) is 6.61 Å². The predicted octanol–water partition coefficient (Wildman–Crippen LogP) is 4.56. The Morgan fingerprint density at radius 1 is 0.941 bits per heavy atom. The van der Waals surface area contributed by atoms with Crippen molar-refractivity contribution >= 4 is 18.0 Å². The van der Waals surface area contributed by atoms with Crippen molar-refractivity contribution in [2.45, 2.75) is 59.0 Å². The maximum atomic E-state index is 13.0. The lowest BCUT2D eigenvalue weighted by Gasteiger charge is -2.32. The predicted molar refractivity (Wildman–Crippen MR) is 130 cm³/mol. The molecule has 1 aliphatic carbocycles. The van der Waals surface area contributed by atoms with Crippen molar-refractivity contribution in [3.63, 3.8) is 0 Å². The lowest BCUT2D eigenvalue weighted by atomic mass is 9.85. The molecule has 0 saturated carbocycles. The topological polar surface area (TPSA) is 105 Å². The van der Waals surface area contributed by atoms with E-state index >= 15 is 0 Å². The summed E-state index contributed by atoms with van der Waals surface area (Å²) >= 11 is 0. The van der Waals surface area contributed by atoms with Gasteiger partial charge in [0.1, 0.15) is 12.6 Å². The molecule has 182 valence electrons. The minimum absolute atomic E-state index is 0.0740. The molecule has 1 aliphatic rings. The molecule has 2 aromatic rings. The number of carboxylic acid groups (broad SMARTS) is 1. The summed E-state index contributed by atoms with van der Waals surface area (Å²) in [6, 6.07) is 14.7. The summed E-state index contributed by atoms with van der Waals surface area (Å²) in [6.45, 7) is 9.34. The van der Waals surface area contributed by atoms with E-state index in [0.717, 1.165) is 22.3 Å². The smallest absolute Gasteiger partial charge is 0.407 e. The van der Waals surface area contributed by atoms with E-state index in [2.05, 4.69) is 22.8 Å². The van der Waals surface area contributed by atoms with Crippen molar-refractivity contribution in [1.82, 2.24) is 10.6 Å². The van der Waals surface area contributed by atoms with Gasteiger partial charge in [0.05, 0.1) is 6.42 Å². The van der Waals surface area contributed by atoms with E-state index in [1.165, 1.54) is 0 Å². The highest BCUT2D eigenvalue weighted by atomic mass is 16.5. The van der Waals surface area contributed by atoms with Crippen LogP contribution < -0.4 is 10.6 Å². The summed E-state index contributed by atoms with van der Waals surface area (Å²) in [7, 11) is 0.